The van der Waals surface area contributed by atoms with E-state index in [0.29, 0.717) is 5.88 Å². The van der Waals surface area contributed by atoms with Gasteiger partial charge in [-0.25, -0.2) is 4.98 Å². The molecule has 1 fully saturated rings. The number of aromatic amines is 1. The summed E-state index contributed by atoms with van der Waals surface area (Å²) in [5.74, 6) is 1.66. The standard InChI is InChI=1S/C26H29N7O/c1-18(2)34-25-14-22-23(16-29-25)30-31-26(22)21-6-7-28-24(13-21)33-10-8-32(9-11-33)17-20-5-3-4-19(12-20)15-27/h3-5,12-14,16,18H,6-11,17H2,1-2H3,(H,30,31). The highest BCUT2D eigenvalue weighted by Gasteiger charge is 2.22. The molecular weight excluding hydrogens is 426 g/mol. The summed E-state index contributed by atoms with van der Waals surface area (Å²) in [4.78, 5) is 14.0. The summed E-state index contributed by atoms with van der Waals surface area (Å²) in [7, 11) is 0. The normalized spacial score (nSPS) is 16.9. The average molecular weight is 456 g/mol. The first-order valence-corrected chi connectivity index (χ1v) is 11.8. The minimum atomic E-state index is 0.0712. The second-order valence-electron chi connectivity index (χ2n) is 9.04. The molecule has 5 rings (SSSR count). The van der Waals surface area contributed by atoms with Crippen LogP contribution in [0.4, 0.5) is 0 Å². The lowest BCUT2D eigenvalue weighted by Gasteiger charge is -2.36. The molecule has 4 heterocycles. The van der Waals surface area contributed by atoms with Crippen LogP contribution in [0.5, 0.6) is 5.88 Å². The van der Waals surface area contributed by atoms with Crippen molar-refractivity contribution >= 4 is 22.3 Å². The van der Waals surface area contributed by atoms with Gasteiger partial charge in [0.05, 0.1) is 35.1 Å². The van der Waals surface area contributed by atoms with Crippen molar-refractivity contribution in [2.75, 3.05) is 32.7 Å². The number of dihydropyridines is 1. The molecule has 0 aliphatic carbocycles. The van der Waals surface area contributed by atoms with Gasteiger partial charge in [0, 0.05) is 50.7 Å². The summed E-state index contributed by atoms with van der Waals surface area (Å²) in [5.41, 5.74) is 4.95. The molecule has 0 atom stereocenters. The molecule has 34 heavy (non-hydrogen) atoms. The molecule has 2 aliphatic rings. The Labute approximate surface area is 199 Å². The number of H-pyrrole nitrogens is 1. The van der Waals surface area contributed by atoms with E-state index in [-0.39, 0.29) is 6.10 Å². The van der Waals surface area contributed by atoms with E-state index in [4.69, 9.17) is 15.0 Å². The summed E-state index contributed by atoms with van der Waals surface area (Å²) in [6.45, 7) is 9.41. The second-order valence-corrected chi connectivity index (χ2v) is 9.04. The van der Waals surface area contributed by atoms with Crippen molar-refractivity contribution < 1.29 is 4.74 Å². The predicted octanol–water partition coefficient (Wildman–Crippen LogP) is 3.62. The Morgan fingerprint density at radius 2 is 2.03 bits per heavy atom. The van der Waals surface area contributed by atoms with Crippen LogP contribution in [0.2, 0.25) is 0 Å². The van der Waals surface area contributed by atoms with Crippen LogP contribution >= 0.6 is 0 Å². The Bertz CT molecular complexity index is 1280. The first-order valence-electron chi connectivity index (χ1n) is 11.8. The number of nitrogens with zero attached hydrogens (tertiary/aromatic N) is 6. The Morgan fingerprint density at radius 1 is 1.18 bits per heavy atom. The van der Waals surface area contributed by atoms with Gasteiger partial charge in [0.1, 0.15) is 5.84 Å². The summed E-state index contributed by atoms with van der Waals surface area (Å²) >= 11 is 0. The van der Waals surface area contributed by atoms with Gasteiger partial charge in [-0.3, -0.25) is 15.0 Å². The minimum absolute atomic E-state index is 0.0712. The number of hydrogen-bond acceptors (Lipinski definition) is 7. The lowest BCUT2D eigenvalue weighted by atomic mass is 10.0. The van der Waals surface area contributed by atoms with Crippen LogP contribution in [0, 0.1) is 11.3 Å². The number of piperazine rings is 1. The number of rotatable bonds is 5. The van der Waals surface area contributed by atoms with Crippen molar-refractivity contribution in [2.24, 2.45) is 4.99 Å². The number of ether oxygens (including phenoxy) is 1. The molecule has 0 radical (unpaired) electrons. The zero-order valence-corrected chi connectivity index (χ0v) is 19.7. The van der Waals surface area contributed by atoms with Gasteiger partial charge in [0.15, 0.2) is 0 Å². The van der Waals surface area contributed by atoms with E-state index in [1.807, 2.05) is 38.1 Å². The van der Waals surface area contributed by atoms with Crippen molar-refractivity contribution in [2.45, 2.75) is 32.9 Å². The SMILES string of the molecule is CC(C)Oc1cc2c(C3=CC(N4CCN(Cc5cccc(C#N)c5)CC4)=NCC3)n[nH]c2cn1. The average Bonchev–Trinajstić information content (AvgIpc) is 3.28. The smallest absolute Gasteiger partial charge is 0.214 e. The van der Waals surface area contributed by atoms with Crippen molar-refractivity contribution in [1.29, 1.82) is 5.26 Å². The molecule has 2 aliphatic heterocycles. The van der Waals surface area contributed by atoms with Gasteiger partial charge >= 0.3 is 0 Å². The van der Waals surface area contributed by atoms with Crippen LogP contribution in [0.1, 0.15) is 37.1 Å². The van der Waals surface area contributed by atoms with Gasteiger partial charge in [0.2, 0.25) is 5.88 Å². The number of nitrogens with one attached hydrogen (secondary N) is 1. The molecule has 8 heteroatoms. The van der Waals surface area contributed by atoms with E-state index in [1.165, 1.54) is 11.1 Å². The van der Waals surface area contributed by atoms with E-state index in [9.17, 15) is 0 Å². The highest BCUT2D eigenvalue weighted by atomic mass is 16.5. The van der Waals surface area contributed by atoms with E-state index < -0.39 is 0 Å². The van der Waals surface area contributed by atoms with Crippen molar-refractivity contribution in [3.63, 3.8) is 0 Å². The monoisotopic (exact) mass is 455 g/mol. The Hall–Kier alpha value is -3.70. The van der Waals surface area contributed by atoms with Crippen molar-refractivity contribution in [3.8, 4) is 11.9 Å². The van der Waals surface area contributed by atoms with Gasteiger partial charge in [-0.2, -0.15) is 10.4 Å². The number of aromatic nitrogens is 3. The van der Waals surface area contributed by atoms with E-state index in [0.717, 1.165) is 73.7 Å². The molecule has 0 amide bonds. The lowest BCUT2D eigenvalue weighted by Crippen LogP contribution is -2.48. The van der Waals surface area contributed by atoms with Gasteiger partial charge < -0.3 is 9.64 Å². The third-order valence-corrected chi connectivity index (χ3v) is 6.20. The maximum absolute atomic E-state index is 9.14. The topological polar surface area (TPSA) is 93.4 Å². The predicted molar refractivity (Wildman–Crippen MR) is 133 cm³/mol. The fourth-order valence-corrected chi connectivity index (χ4v) is 4.52. The molecule has 1 aromatic carbocycles. The van der Waals surface area contributed by atoms with Crippen molar-refractivity contribution in [3.05, 3.63) is 59.4 Å². The Balaban J connectivity index is 1.27. The number of amidine groups is 1. The molecule has 0 saturated carbocycles. The molecular formula is C26H29N7O. The summed E-state index contributed by atoms with van der Waals surface area (Å²) in [6.07, 6.45) is 4.91. The zero-order chi connectivity index (χ0) is 23.5. The number of pyridine rings is 1. The largest absolute Gasteiger partial charge is 0.475 e. The zero-order valence-electron chi connectivity index (χ0n) is 19.7. The first kappa shape index (κ1) is 22.1. The molecule has 0 spiro atoms. The van der Waals surface area contributed by atoms with E-state index in [1.54, 1.807) is 6.20 Å². The highest BCUT2D eigenvalue weighted by molar-refractivity contribution is 6.03. The number of hydrogen-bond donors (Lipinski definition) is 1. The van der Waals surface area contributed by atoms with Crippen LogP contribution in [-0.4, -0.2) is 69.6 Å². The van der Waals surface area contributed by atoms with Crippen LogP contribution in [0.3, 0.4) is 0 Å². The molecule has 2 aromatic heterocycles. The molecule has 3 aromatic rings. The number of nitriles is 1. The summed E-state index contributed by atoms with van der Waals surface area (Å²) in [5, 5.41) is 17.9. The molecule has 1 saturated heterocycles. The van der Waals surface area contributed by atoms with Crippen LogP contribution in [0.25, 0.3) is 16.5 Å². The van der Waals surface area contributed by atoms with E-state index >= 15 is 0 Å². The molecule has 8 nitrogen and oxygen atoms in total. The third kappa shape index (κ3) is 4.80. The van der Waals surface area contributed by atoms with E-state index in [2.05, 4.69) is 43.2 Å². The Kier molecular flexibility index (Phi) is 6.28. The second kappa shape index (κ2) is 9.65. The first-order chi connectivity index (χ1) is 16.6. The maximum Gasteiger partial charge on any atom is 0.214 e. The van der Waals surface area contributed by atoms with Gasteiger partial charge in [-0.15, -0.1) is 0 Å². The fraction of sp³-hybridized carbons (Fsp3) is 0.385. The Morgan fingerprint density at radius 3 is 2.82 bits per heavy atom. The van der Waals surface area contributed by atoms with Crippen LogP contribution < -0.4 is 4.74 Å². The summed E-state index contributed by atoms with van der Waals surface area (Å²) < 4.78 is 5.79. The number of aliphatic imine (C=N–C) groups is 1. The quantitative estimate of drug-likeness (QED) is 0.632. The van der Waals surface area contributed by atoms with Crippen LogP contribution in [0.15, 0.2) is 47.6 Å². The molecule has 0 unspecified atom stereocenters. The van der Waals surface area contributed by atoms with Gasteiger partial charge in [0.25, 0.3) is 0 Å². The molecule has 1 N–H and O–H groups in total. The fourth-order valence-electron chi connectivity index (χ4n) is 4.52. The van der Waals surface area contributed by atoms with Gasteiger partial charge in [-0.1, -0.05) is 12.1 Å². The molecule has 174 valence electrons. The minimum Gasteiger partial charge on any atom is -0.475 e. The summed E-state index contributed by atoms with van der Waals surface area (Å²) in [6, 6.07) is 12.1. The highest BCUT2D eigenvalue weighted by Crippen LogP contribution is 2.29. The van der Waals surface area contributed by atoms with Crippen molar-refractivity contribution in [1.82, 2.24) is 25.0 Å². The molecule has 0 bridgehead atoms. The lowest BCUT2D eigenvalue weighted by molar-refractivity contribution is 0.175. The third-order valence-electron chi connectivity index (χ3n) is 6.20. The van der Waals surface area contributed by atoms with Crippen LogP contribution in [-0.2, 0) is 6.54 Å². The number of fused-ring (bicyclic) bond motifs is 1. The van der Waals surface area contributed by atoms with Gasteiger partial charge in [-0.05, 0) is 49.6 Å². The number of benzene rings is 1. The maximum atomic E-state index is 9.14.